The molecule has 1 aliphatic carbocycles. The van der Waals surface area contributed by atoms with Crippen molar-refractivity contribution < 1.29 is 0 Å². The quantitative estimate of drug-likeness (QED) is 0.676. The van der Waals surface area contributed by atoms with Crippen molar-refractivity contribution in [2.24, 2.45) is 5.92 Å². The van der Waals surface area contributed by atoms with Gasteiger partial charge in [-0.2, -0.15) is 0 Å². The molecule has 0 aromatic heterocycles. The van der Waals surface area contributed by atoms with Gasteiger partial charge in [0, 0.05) is 12.0 Å². The lowest BCUT2D eigenvalue weighted by Crippen LogP contribution is -2.31. The van der Waals surface area contributed by atoms with E-state index < -0.39 is 6.63 Å². The highest BCUT2D eigenvalue weighted by molar-refractivity contribution is 8.06. The van der Waals surface area contributed by atoms with Crippen molar-refractivity contribution >= 4 is 29.1 Å². The minimum absolute atomic E-state index is 0.385. The first-order chi connectivity index (χ1) is 6.04. The normalized spacial score (nSPS) is 24.2. The molecule has 0 saturated carbocycles. The van der Waals surface area contributed by atoms with E-state index in [9.17, 15) is 0 Å². The highest BCUT2D eigenvalue weighted by Crippen LogP contribution is 2.59. The maximum Gasteiger partial charge on any atom is 0.113 e. The first-order valence-corrected chi connectivity index (χ1v) is 7.35. The maximum absolute atomic E-state index is 5.93. The zero-order valence-electron chi connectivity index (χ0n) is 8.04. The Bertz CT molecular complexity index is 236. The fourth-order valence-corrected chi connectivity index (χ4v) is 3.12. The second-order valence-electron chi connectivity index (χ2n) is 3.44. The topological polar surface area (TPSA) is 3.24 Å². The lowest BCUT2D eigenvalue weighted by atomic mass is 10.0. The Kier molecular flexibility index (Phi) is 4.25. The molecule has 0 heterocycles. The first kappa shape index (κ1) is 11.5. The monoisotopic (exact) mass is 237 g/mol. The van der Waals surface area contributed by atoms with Crippen LogP contribution in [0.5, 0.6) is 0 Å². The molecule has 74 valence electrons. The van der Waals surface area contributed by atoms with Gasteiger partial charge in [-0.05, 0) is 26.3 Å². The second kappa shape index (κ2) is 4.79. The van der Waals surface area contributed by atoms with Crippen LogP contribution in [0.2, 0.25) is 0 Å². The molecule has 1 unspecified atom stereocenters. The van der Waals surface area contributed by atoms with Gasteiger partial charge >= 0.3 is 0 Å². The molecular weight excluding hydrogens is 224 g/mol. The van der Waals surface area contributed by atoms with Crippen molar-refractivity contribution in [3.05, 3.63) is 23.5 Å². The number of allylic oxidation sites excluding steroid dienone is 2. The average molecular weight is 238 g/mol. The standard InChI is InChI=1S/C9H14Cl2NP/c1-7(12(2)3)8-5-4-6-9(8)13(10)11/h4-8H,1-3H3/t7-,8?/m1/s1. The van der Waals surface area contributed by atoms with Crippen molar-refractivity contribution in [1.82, 2.24) is 4.90 Å². The van der Waals surface area contributed by atoms with E-state index in [1.54, 1.807) is 0 Å². The number of rotatable bonds is 3. The predicted octanol–water partition coefficient (Wildman–Crippen LogP) is 3.80. The summed E-state index contributed by atoms with van der Waals surface area (Å²) < 4.78 is 0. The third-order valence-electron chi connectivity index (χ3n) is 2.46. The van der Waals surface area contributed by atoms with Crippen LogP contribution < -0.4 is 0 Å². The van der Waals surface area contributed by atoms with Gasteiger partial charge in [0.25, 0.3) is 0 Å². The van der Waals surface area contributed by atoms with E-state index in [1.807, 2.05) is 12.2 Å². The number of hydrogen-bond donors (Lipinski definition) is 0. The molecule has 0 N–H and O–H groups in total. The SMILES string of the molecule is C[C@H](C1C=CC=C1P(Cl)Cl)N(C)C. The van der Waals surface area contributed by atoms with Gasteiger partial charge in [0.15, 0.2) is 0 Å². The van der Waals surface area contributed by atoms with E-state index in [0.29, 0.717) is 12.0 Å². The Morgan fingerprint density at radius 2 is 2.08 bits per heavy atom. The highest BCUT2D eigenvalue weighted by Gasteiger charge is 2.26. The summed E-state index contributed by atoms with van der Waals surface area (Å²) in [5.74, 6) is 0.385. The van der Waals surface area contributed by atoms with Crippen LogP contribution in [0.25, 0.3) is 0 Å². The Morgan fingerprint density at radius 3 is 2.54 bits per heavy atom. The minimum atomic E-state index is -0.982. The van der Waals surface area contributed by atoms with Crippen LogP contribution in [-0.4, -0.2) is 25.0 Å². The molecular formula is C9H14Cl2NP. The maximum atomic E-state index is 5.93. The Morgan fingerprint density at radius 1 is 1.46 bits per heavy atom. The molecule has 0 spiro atoms. The Hall–Kier alpha value is 0.450. The number of hydrogen-bond acceptors (Lipinski definition) is 1. The fourth-order valence-electron chi connectivity index (χ4n) is 1.38. The smallest absolute Gasteiger partial charge is 0.113 e. The first-order valence-electron chi connectivity index (χ1n) is 4.20. The van der Waals surface area contributed by atoms with Crippen molar-refractivity contribution in [3.8, 4) is 0 Å². The van der Waals surface area contributed by atoms with Gasteiger partial charge in [-0.15, -0.1) is 0 Å². The van der Waals surface area contributed by atoms with Crippen LogP contribution in [0.1, 0.15) is 6.92 Å². The summed E-state index contributed by atoms with van der Waals surface area (Å²) >= 11 is 11.9. The molecule has 0 aliphatic heterocycles. The molecule has 1 rings (SSSR count). The van der Waals surface area contributed by atoms with Crippen molar-refractivity contribution in [3.63, 3.8) is 0 Å². The van der Waals surface area contributed by atoms with Crippen LogP contribution in [-0.2, 0) is 0 Å². The number of nitrogens with zero attached hydrogens (tertiary/aromatic N) is 1. The third kappa shape index (κ3) is 2.70. The molecule has 2 atom stereocenters. The molecule has 13 heavy (non-hydrogen) atoms. The van der Waals surface area contributed by atoms with Gasteiger partial charge < -0.3 is 4.90 Å². The van der Waals surface area contributed by atoms with Gasteiger partial charge in [-0.3, -0.25) is 0 Å². The summed E-state index contributed by atoms with van der Waals surface area (Å²) in [6, 6.07) is 0.451. The minimum Gasteiger partial charge on any atom is -0.306 e. The van der Waals surface area contributed by atoms with E-state index in [0.717, 1.165) is 0 Å². The summed E-state index contributed by atoms with van der Waals surface area (Å²) in [5.41, 5.74) is 0. The molecule has 0 aromatic carbocycles. The van der Waals surface area contributed by atoms with Crippen molar-refractivity contribution in [2.45, 2.75) is 13.0 Å². The van der Waals surface area contributed by atoms with Crippen LogP contribution in [0.4, 0.5) is 0 Å². The molecule has 0 bridgehead atoms. The lowest BCUT2D eigenvalue weighted by Gasteiger charge is -2.27. The van der Waals surface area contributed by atoms with E-state index in [4.69, 9.17) is 22.5 Å². The van der Waals surface area contributed by atoms with Gasteiger partial charge in [0.05, 0.1) is 0 Å². The molecule has 1 aliphatic rings. The Balaban J connectivity index is 2.71. The lowest BCUT2D eigenvalue weighted by molar-refractivity contribution is 0.281. The third-order valence-corrected chi connectivity index (χ3v) is 4.47. The van der Waals surface area contributed by atoms with Gasteiger partial charge in [-0.25, -0.2) is 0 Å². The number of halogens is 2. The van der Waals surface area contributed by atoms with Crippen molar-refractivity contribution in [2.75, 3.05) is 14.1 Å². The van der Waals surface area contributed by atoms with Crippen LogP contribution in [0.3, 0.4) is 0 Å². The van der Waals surface area contributed by atoms with E-state index >= 15 is 0 Å². The summed E-state index contributed by atoms with van der Waals surface area (Å²) in [6.45, 7) is 1.20. The van der Waals surface area contributed by atoms with Gasteiger partial charge in [0.2, 0.25) is 0 Å². The molecule has 0 radical (unpaired) electrons. The molecule has 0 fully saturated rings. The molecule has 0 aromatic rings. The average Bonchev–Trinajstić information content (AvgIpc) is 2.50. The molecule has 4 heteroatoms. The summed E-state index contributed by atoms with van der Waals surface area (Å²) in [5, 5.41) is 1.17. The second-order valence-corrected chi connectivity index (χ2v) is 6.97. The van der Waals surface area contributed by atoms with Crippen molar-refractivity contribution in [1.29, 1.82) is 0 Å². The summed E-state index contributed by atoms with van der Waals surface area (Å²) in [4.78, 5) is 2.18. The van der Waals surface area contributed by atoms with Gasteiger partial charge in [0.1, 0.15) is 6.63 Å². The molecule has 1 nitrogen and oxygen atoms in total. The highest BCUT2D eigenvalue weighted by atomic mass is 35.9. The zero-order chi connectivity index (χ0) is 10.0. The zero-order valence-corrected chi connectivity index (χ0v) is 10.4. The predicted molar refractivity (Wildman–Crippen MR) is 62.5 cm³/mol. The molecule has 0 saturated heterocycles. The van der Waals surface area contributed by atoms with Crippen LogP contribution in [0.15, 0.2) is 23.5 Å². The van der Waals surface area contributed by atoms with E-state index in [2.05, 4.69) is 32.0 Å². The van der Waals surface area contributed by atoms with Crippen LogP contribution in [0, 0.1) is 5.92 Å². The van der Waals surface area contributed by atoms with E-state index in [1.165, 1.54) is 5.31 Å². The summed E-state index contributed by atoms with van der Waals surface area (Å²) in [6.07, 6.45) is 6.25. The summed E-state index contributed by atoms with van der Waals surface area (Å²) in [7, 11) is 4.14. The van der Waals surface area contributed by atoms with Crippen LogP contribution >= 0.6 is 29.1 Å². The van der Waals surface area contributed by atoms with E-state index in [-0.39, 0.29) is 0 Å². The largest absolute Gasteiger partial charge is 0.306 e. The molecule has 0 amide bonds. The van der Waals surface area contributed by atoms with Gasteiger partial charge in [-0.1, -0.05) is 40.7 Å². The Labute approximate surface area is 90.7 Å². The fraction of sp³-hybridized carbons (Fsp3) is 0.556.